The summed E-state index contributed by atoms with van der Waals surface area (Å²) in [6, 6.07) is 1.09. The number of aliphatic hydroxyl groups is 3. The Labute approximate surface area is 160 Å². The molecule has 3 aromatic heterocycles. The zero-order valence-electron chi connectivity index (χ0n) is 14.1. The summed E-state index contributed by atoms with van der Waals surface area (Å²) in [6.45, 7) is -0.479. The van der Waals surface area contributed by atoms with E-state index in [0.29, 0.717) is 15.8 Å². The van der Waals surface area contributed by atoms with Crippen LogP contribution in [0.2, 0.25) is 0 Å². The number of rotatable bonds is 2. The van der Waals surface area contributed by atoms with Gasteiger partial charge in [0.2, 0.25) is 5.95 Å². The molecular formula is C14H17N7O6S. The van der Waals surface area contributed by atoms with E-state index in [4.69, 9.17) is 27.8 Å². The third-order valence-electron chi connectivity index (χ3n) is 3.96. The molecule has 0 unspecified atom stereocenters. The molecular weight excluding hydrogens is 394 g/mol. The van der Waals surface area contributed by atoms with Crippen molar-refractivity contribution in [3.8, 4) is 0 Å². The zero-order valence-corrected chi connectivity index (χ0v) is 15.0. The van der Waals surface area contributed by atoms with Crippen molar-refractivity contribution in [1.82, 2.24) is 29.5 Å². The summed E-state index contributed by atoms with van der Waals surface area (Å²) in [4.78, 5) is 37.7. The standard InChI is InChI=1S/C9H12N2O6.C5H5N5S/c12-3-4-6(14)7(15)8(17-4)11-2-1-5(13)10-9(11)16;6-5-9-3-2(4(11)10-5)7-1-8-3/h1-2,4,6-8,12,14-15H,3H2,(H,10,13,16);1H,(H4,6,7,8,9,10,11)/t4-,6-,7-,8-;/m1./s1. The molecule has 1 fully saturated rings. The molecule has 1 aliphatic rings. The van der Waals surface area contributed by atoms with Gasteiger partial charge in [-0.3, -0.25) is 14.3 Å². The number of nitrogens with two attached hydrogens (primary N) is 1. The summed E-state index contributed by atoms with van der Waals surface area (Å²) in [5, 5.41) is 28.1. The molecule has 0 spiro atoms. The number of hydrogen-bond donors (Lipinski definition) is 7. The van der Waals surface area contributed by atoms with Crippen LogP contribution < -0.4 is 17.0 Å². The summed E-state index contributed by atoms with van der Waals surface area (Å²) < 4.78 is 6.61. The quantitative estimate of drug-likeness (QED) is 0.225. The molecule has 8 N–H and O–H groups in total. The number of aromatic nitrogens is 6. The average Bonchev–Trinajstić information content (AvgIpc) is 3.22. The van der Waals surface area contributed by atoms with Gasteiger partial charge in [0.05, 0.1) is 12.9 Å². The largest absolute Gasteiger partial charge is 0.394 e. The summed E-state index contributed by atoms with van der Waals surface area (Å²) in [7, 11) is 0. The Balaban J connectivity index is 0.000000176. The van der Waals surface area contributed by atoms with Crippen LogP contribution in [0.3, 0.4) is 0 Å². The number of nitrogens with one attached hydrogen (secondary N) is 3. The lowest BCUT2D eigenvalue weighted by Crippen LogP contribution is -2.37. The predicted octanol–water partition coefficient (Wildman–Crippen LogP) is -2.25. The van der Waals surface area contributed by atoms with Crippen molar-refractivity contribution in [1.29, 1.82) is 0 Å². The first kappa shape index (κ1) is 19.8. The molecule has 28 heavy (non-hydrogen) atoms. The number of hydrogen-bond acceptors (Lipinski definition) is 10. The SMILES string of the molecule is Nc1nc2nc[nH]c2c(=S)[nH]1.O=c1ccn([C@@H]2O[C@H](CO)[C@@H](O)[C@H]2O)c(=O)[nH]1. The van der Waals surface area contributed by atoms with Crippen molar-refractivity contribution in [2.75, 3.05) is 12.3 Å². The maximum Gasteiger partial charge on any atom is 0.330 e. The topological polar surface area (TPSA) is 208 Å². The van der Waals surface area contributed by atoms with E-state index >= 15 is 0 Å². The lowest BCUT2D eigenvalue weighted by molar-refractivity contribution is -0.0550. The van der Waals surface area contributed by atoms with Gasteiger partial charge in [-0.15, -0.1) is 0 Å². The van der Waals surface area contributed by atoms with Gasteiger partial charge in [-0.05, 0) is 0 Å². The summed E-state index contributed by atoms with van der Waals surface area (Å²) >= 11 is 4.95. The molecule has 150 valence electrons. The highest BCUT2D eigenvalue weighted by molar-refractivity contribution is 7.71. The highest BCUT2D eigenvalue weighted by Crippen LogP contribution is 2.27. The Bertz CT molecular complexity index is 1140. The number of H-pyrrole nitrogens is 3. The van der Waals surface area contributed by atoms with E-state index in [1.54, 1.807) is 0 Å². The fourth-order valence-electron chi connectivity index (χ4n) is 2.60. The zero-order chi connectivity index (χ0) is 20.4. The van der Waals surface area contributed by atoms with Crippen LogP contribution in [-0.2, 0) is 4.74 Å². The first-order valence-electron chi connectivity index (χ1n) is 7.94. The second-order valence-electron chi connectivity index (χ2n) is 5.80. The number of aromatic amines is 3. The Morgan fingerprint density at radius 3 is 2.68 bits per heavy atom. The molecule has 3 aromatic rings. The Hall–Kier alpha value is -2.91. The second-order valence-corrected chi connectivity index (χ2v) is 6.21. The number of fused-ring (bicyclic) bond motifs is 1. The molecule has 0 bridgehead atoms. The summed E-state index contributed by atoms with van der Waals surface area (Å²) in [6.07, 6.45) is -2.05. The van der Waals surface area contributed by atoms with Gasteiger partial charge in [0.15, 0.2) is 11.9 Å². The molecule has 1 aliphatic heterocycles. The van der Waals surface area contributed by atoms with Crippen LogP contribution in [0.4, 0.5) is 5.95 Å². The highest BCUT2D eigenvalue weighted by Gasteiger charge is 2.43. The summed E-state index contributed by atoms with van der Waals surface area (Å²) in [5.74, 6) is 0.287. The Kier molecular flexibility index (Phi) is 5.66. The maximum atomic E-state index is 11.4. The number of anilines is 1. The lowest BCUT2D eigenvalue weighted by atomic mass is 10.1. The Morgan fingerprint density at radius 1 is 1.29 bits per heavy atom. The third kappa shape index (κ3) is 3.85. The monoisotopic (exact) mass is 411 g/mol. The second kappa shape index (κ2) is 7.99. The number of aliphatic hydroxyl groups excluding tert-OH is 3. The molecule has 0 radical (unpaired) electrons. The lowest BCUT2D eigenvalue weighted by Gasteiger charge is -2.16. The molecule has 0 saturated carbocycles. The van der Waals surface area contributed by atoms with Crippen molar-refractivity contribution >= 4 is 29.3 Å². The molecule has 13 nitrogen and oxygen atoms in total. The van der Waals surface area contributed by atoms with Gasteiger partial charge in [-0.2, -0.15) is 4.98 Å². The summed E-state index contributed by atoms with van der Waals surface area (Å²) in [5.41, 5.74) is 5.33. The molecule has 0 amide bonds. The maximum absolute atomic E-state index is 11.4. The van der Waals surface area contributed by atoms with Gasteiger partial charge in [-0.1, -0.05) is 12.2 Å². The van der Waals surface area contributed by atoms with E-state index in [9.17, 15) is 19.8 Å². The molecule has 0 aromatic carbocycles. The van der Waals surface area contributed by atoms with Crippen molar-refractivity contribution < 1.29 is 20.1 Å². The van der Waals surface area contributed by atoms with Crippen molar-refractivity contribution in [3.63, 3.8) is 0 Å². The minimum Gasteiger partial charge on any atom is -0.394 e. The van der Waals surface area contributed by atoms with Crippen LogP contribution in [-0.4, -0.2) is 69.7 Å². The Morgan fingerprint density at radius 2 is 2.04 bits per heavy atom. The molecule has 1 saturated heterocycles. The van der Waals surface area contributed by atoms with Crippen LogP contribution in [0.15, 0.2) is 28.2 Å². The van der Waals surface area contributed by atoms with Crippen LogP contribution in [0, 0.1) is 4.64 Å². The predicted molar refractivity (Wildman–Crippen MR) is 97.8 cm³/mol. The van der Waals surface area contributed by atoms with Gasteiger partial charge in [0.25, 0.3) is 5.56 Å². The van der Waals surface area contributed by atoms with Crippen LogP contribution in [0.25, 0.3) is 11.2 Å². The number of nitrogen functional groups attached to an aromatic ring is 1. The minimum atomic E-state index is -1.35. The van der Waals surface area contributed by atoms with E-state index in [-0.39, 0.29) is 5.95 Å². The molecule has 0 aliphatic carbocycles. The van der Waals surface area contributed by atoms with E-state index in [2.05, 4.69) is 19.9 Å². The van der Waals surface area contributed by atoms with Crippen LogP contribution in [0.5, 0.6) is 0 Å². The van der Waals surface area contributed by atoms with E-state index < -0.39 is 42.4 Å². The molecule has 14 heteroatoms. The molecule has 4 heterocycles. The number of nitrogens with zero attached hydrogens (tertiary/aromatic N) is 3. The molecule has 4 atom stereocenters. The first-order valence-corrected chi connectivity index (χ1v) is 8.35. The van der Waals surface area contributed by atoms with Crippen LogP contribution >= 0.6 is 12.2 Å². The van der Waals surface area contributed by atoms with E-state index in [1.807, 2.05) is 4.98 Å². The van der Waals surface area contributed by atoms with Gasteiger partial charge < -0.3 is 35.8 Å². The average molecular weight is 411 g/mol. The third-order valence-corrected chi connectivity index (χ3v) is 4.26. The normalized spacial score (nSPS) is 24.1. The van der Waals surface area contributed by atoms with Gasteiger partial charge in [-0.25, -0.2) is 9.78 Å². The fraction of sp³-hybridized carbons (Fsp3) is 0.357. The first-order chi connectivity index (χ1) is 13.3. The fourth-order valence-corrected chi connectivity index (χ4v) is 2.85. The van der Waals surface area contributed by atoms with Gasteiger partial charge in [0.1, 0.15) is 28.5 Å². The van der Waals surface area contributed by atoms with Crippen molar-refractivity contribution in [2.24, 2.45) is 0 Å². The van der Waals surface area contributed by atoms with Crippen molar-refractivity contribution in [3.05, 3.63) is 44.1 Å². The van der Waals surface area contributed by atoms with Crippen molar-refractivity contribution in [2.45, 2.75) is 24.5 Å². The molecule has 4 rings (SSSR count). The van der Waals surface area contributed by atoms with Gasteiger partial charge >= 0.3 is 5.69 Å². The van der Waals surface area contributed by atoms with Crippen LogP contribution in [0.1, 0.15) is 6.23 Å². The van der Waals surface area contributed by atoms with E-state index in [0.717, 1.165) is 16.8 Å². The smallest absolute Gasteiger partial charge is 0.330 e. The minimum absolute atomic E-state index is 0.287. The van der Waals surface area contributed by atoms with Gasteiger partial charge in [0, 0.05) is 12.3 Å². The number of imidazole rings is 1. The highest BCUT2D eigenvalue weighted by atomic mass is 32.1. The number of ether oxygens (including phenoxy) is 1. The van der Waals surface area contributed by atoms with E-state index in [1.165, 1.54) is 6.33 Å².